The monoisotopic (exact) mass is 336 g/mol. The maximum atomic E-state index is 12.3. The molecule has 1 amide bonds. The largest absolute Gasteiger partial charge is 0.495 e. The van der Waals surface area contributed by atoms with Gasteiger partial charge in [0.2, 0.25) is 0 Å². The van der Waals surface area contributed by atoms with Gasteiger partial charge >= 0.3 is 0 Å². The maximum Gasteiger partial charge on any atom is 0.256 e. The number of aromatic nitrogens is 1. The number of hydrogen-bond donors (Lipinski definition) is 0. The van der Waals surface area contributed by atoms with Crippen LogP contribution >= 0.6 is 23.2 Å². The van der Waals surface area contributed by atoms with Crippen LogP contribution in [-0.2, 0) is 13.0 Å². The molecule has 1 aromatic carbocycles. The first-order valence-corrected chi connectivity index (χ1v) is 7.52. The van der Waals surface area contributed by atoms with Crippen LogP contribution in [0.1, 0.15) is 27.2 Å². The first-order valence-electron chi connectivity index (χ1n) is 6.76. The van der Waals surface area contributed by atoms with Gasteiger partial charge in [0.05, 0.1) is 29.9 Å². The second-order valence-electron chi connectivity index (χ2n) is 5.20. The van der Waals surface area contributed by atoms with Crippen molar-refractivity contribution in [2.24, 2.45) is 0 Å². The predicted octanol–water partition coefficient (Wildman–Crippen LogP) is 3.57. The van der Waals surface area contributed by atoms with Crippen molar-refractivity contribution in [2.45, 2.75) is 13.0 Å². The molecule has 0 radical (unpaired) electrons. The Morgan fingerprint density at radius 2 is 2.09 bits per heavy atom. The van der Waals surface area contributed by atoms with Crippen LogP contribution < -0.4 is 4.74 Å². The SMILES string of the molecule is COc1c(Cl)cccc1Cc1cc(Cl)nc2c1C(=O)N(C)C2. The lowest BCUT2D eigenvalue weighted by atomic mass is 9.99. The van der Waals surface area contributed by atoms with Crippen molar-refractivity contribution in [3.05, 3.63) is 56.8 Å². The van der Waals surface area contributed by atoms with E-state index in [1.807, 2.05) is 12.1 Å². The Bertz CT molecular complexity index is 762. The molecule has 0 N–H and O–H groups in total. The van der Waals surface area contributed by atoms with Crippen molar-refractivity contribution in [1.82, 2.24) is 9.88 Å². The van der Waals surface area contributed by atoms with Crippen LogP contribution in [0.3, 0.4) is 0 Å². The summed E-state index contributed by atoms with van der Waals surface area (Å²) in [5.74, 6) is 0.583. The summed E-state index contributed by atoms with van der Waals surface area (Å²) in [5, 5.41) is 0.929. The first-order chi connectivity index (χ1) is 10.5. The zero-order chi connectivity index (χ0) is 15.9. The number of hydrogen-bond acceptors (Lipinski definition) is 3. The van der Waals surface area contributed by atoms with Crippen molar-refractivity contribution < 1.29 is 9.53 Å². The number of rotatable bonds is 3. The molecule has 0 unspecified atom stereocenters. The lowest BCUT2D eigenvalue weighted by Crippen LogP contribution is -2.18. The van der Waals surface area contributed by atoms with Crippen molar-refractivity contribution in [3.63, 3.8) is 0 Å². The van der Waals surface area contributed by atoms with E-state index in [2.05, 4.69) is 4.98 Å². The third kappa shape index (κ3) is 2.53. The van der Waals surface area contributed by atoms with Crippen LogP contribution in [0.4, 0.5) is 0 Å². The highest BCUT2D eigenvalue weighted by molar-refractivity contribution is 6.32. The highest BCUT2D eigenvalue weighted by Crippen LogP contribution is 2.33. The van der Waals surface area contributed by atoms with Gasteiger partial charge in [0.1, 0.15) is 10.9 Å². The van der Waals surface area contributed by atoms with E-state index >= 15 is 0 Å². The molecule has 4 nitrogen and oxygen atoms in total. The van der Waals surface area contributed by atoms with Gasteiger partial charge in [0.25, 0.3) is 5.91 Å². The molecule has 1 aliphatic rings. The van der Waals surface area contributed by atoms with Gasteiger partial charge in [0, 0.05) is 19.0 Å². The number of benzene rings is 1. The van der Waals surface area contributed by atoms with Gasteiger partial charge in [-0.15, -0.1) is 0 Å². The molecule has 1 aromatic heterocycles. The molecular formula is C16H14Cl2N2O2. The molecule has 6 heteroatoms. The molecule has 0 bridgehead atoms. The van der Waals surface area contributed by atoms with E-state index in [0.717, 1.165) is 16.8 Å². The number of para-hydroxylation sites is 1. The normalized spacial score (nSPS) is 13.5. The molecule has 0 saturated heterocycles. The minimum Gasteiger partial charge on any atom is -0.495 e. The molecule has 2 heterocycles. The van der Waals surface area contributed by atoms with E-state index in [9.17, 15) is 4.79 Å². The summed E-state index contributed by atoms with van der Waals surface area (Å²) in [4.78, 5) is 18.2. The quantitative estimate of drug-likeness (QED) is 0.804. The molecule has 0 aliphatic carbocycles. The number of fused-ring (bicyclic) bond motifs is 1. The fourth-order valence-electron chi connectivity index (χ4n) is 2.75. The van der Waals surface area contributed by atoms with Gasteiger partial charge < -0.3 is 9.64 Å². The van der Waals surface area contributed by atoms with E-state index < -0.39 is 0 Å². The summed E-state index contributed by atoms with van der Waals surface area (Å²) in [6.07, 6.45) is 0.508. The Labute approximate surface area is 138 Å². The average Bonchev–Trinajstić information content (AvgIpc) is 2.74. The molecule has 2 aromatic rings. The molecule has 0 atom stereocenters. The Hall–Kier alpha value is -1.78. The Morgan fingerprint density at radius 1 is 1.32 bits per heavy atom. The summed E-state index contributed by atoms with van der Waals surface area (Å²) in [7, 11) is 3.33. The smallest absolute Gasteiger partial charge is 0.256 e. The van der Waals surface area contributed by atoms with E-state index in [0.29, 0.717) is 34.5 Å². The van der Waals surface area contributed by atoms with E-state index in [4.69, 9.17) is 27.9 Å². The number of carbonyl (C=O) groups is 1. The fraction of sp³-hybridized carbons (Fsp3) is 0.250. The van der Waals surface area contributed by atoms with Gasteiger partial charge in [0.15, 0.2) is 0 Å². The zero-order valence-electron chi connectivity index (χ0n) is 12.2. The Kier molecular flexibility index (Phi) is 3.98. The van der Waals surface area contributed by atoms with Crippen LogP contribution in [0.15, 0.2) is 24.3 Å². The van der Waals surface area contributed by atoms with E-state index in [-0.39, 0.29) is 5.91 Å². The predicted molar refractivity (Wildman–Crippen MR) is 85.9 cm³/mol. The van der Waals surface area contributed by atoms with Gasteiger partial charge in [-0.2, -0.15) is 0 Å². The van der Waals surface area contributed by atoms with Crippen molar-refractivity contribution in [3.8, 4) is 5.75 Å². The van der Waals surface area contributed by atoms with Crippen LogP contribution in [-0.4, -0.2) is 29.9 Å². The summed E-state index contributed by atoms with van der Waals surface area (Å²) < 4.78 is 5.37. The van der Waals surface area contributed by atoms with Crippen LogP contribution in [0.2, 0.25) is 10.2 Å². The molecule has 114 valence electrons. The minimum absolute atomic E-state index is 0.0323. The summed E-state index contributed by atoms with van der Waals surface area (Å²) >= 11 is 12.3. The number of pyridine rings is 1. The van der Waals surface area contributed by atoms with E-state index in [1.165, 1.54) is 0 Å². The first kappa shape index (κ1) is 15.1. The highest BCUT2D eigenvalue weighted by atomic mass is 35.5. The number of ether oxygens (including phenoxy) is 1. The lowest BCUT2D eigenvalue weighted by Gasteiger charge is -2.12. The van der Waals surface area contributed by atoms with Crippen molar-refractivity contribution >= 4 is 29.1 Å². The van der Waals surface area contributed by atoms with Gasteiger partial charge in [-0.1, -0.05) is 35.3 Å². The topological polar surface area (TPSA) is 42.4 Å². The lowest BCUT2D eigenvalue weighted by molar-refractivity contribution is 0.0815. The van der Waals surface area contributed by atoms with Crippen molar-refractivity contribution in [1.29, 1.82) is 0 Å². The standard InChI is InChI=1S/C16H14Cl2N2O2/c1-20-8-12-14(16(20)21)10(7-13(18)19-12)6-9-4-3-5-11(17)15(9)22-2/h3-5,7H,6,8H2,1-2H3. The second-order valence-corrected chi connectivity index (χ2v) is 5.99. The molecule has 0 fully saturated rings. The second kappa shape index (κ2) is 5.78. The molecule has 3 rings (SSSR count). The number of halogens is 2. The van der Waals surface area contributed by atoms with Crippen molar-refractivity contribution in [2.75, 3.05) is 14.2 Å². The summed E-state index contributed by atoms with van der Waals surface area (Å²) in [6.45, 7) is 0.481. The van der Waals surface area contributed by atoms with Crippen LogP contribution in [0.25, 0.3) is 0 Å². The number of amides is 1. The third-order valence-electron chi connectivity index (χ3n) is 3.73. The molecule has 1 aliphatic heterocycles. The maximum absolute atomic E-state index is 12.3. The number of methoxy groups -OCH3 is 1. The van der Waals surface area contributed by atoms with Gasteiger partial charge in [-0.05, 0) is 17.7 Å². The molecule has 0 saturated carbocycles. The molecule has 22 heavy (non-hydrogen) atoms. The van der Waals surface area contributed by atoms with Crippen LogP contribution in [0.5, 0.6) is 5.75 Å². The molecule has 0 spiro atoms. The zero-order valence-corrected chi connectivity index (χ0v) is 13.7. The number of nitrogens with zero attached hydrogens (tertiary/aromatic N) is 2. The highest BCUT2D eigenvalue weighted by Gasteiger charge is 2.29. The Balaban J connectivity index is 2.08. The minimum atomic E-state index is -0.0323. The summed E-state index contributed by atoms with van der Waals surface area (Å²) in [5.41, 5.74) is 3.09. The van der Waals surface area contributed by atoms with Gasteiger partial charge in [-0.25, -0.2) is 4.98 Å². The van der Waals surface area contributed by atoms with Crippen LogP contribution in [0, 0.1) is 0 Å². The van der Waals surface area contributed by atoms with E-state index in [1.54, 1.807) is 31.2 Å². The van der Waals surface area contributed by atoms with Gasteiger partial charge in [-0.3, -0.25) is 4.79 Å². The fourth-order valence-corrected chi connectivity index (χ4v) is 3.25. The number of carbonyl (C=O) groups excluding carboxylic acids is 1. The molecular weight excluding hydrogens is 323 g/mol. The summed E-state index contributed by atoms with van der Waals surface area (Å²) in [6, 6.07) is 7.29. The third-order valence-corrected chi connectivity index (χ3v) is 4.22. The Morgan fingerprint density at radius 3 is 2.82 bits per heavy atom. The average molecular weight is 337 g/mol.